The third-order valence-electron chi connectivity index (χ3n) is 5.74. The van der Waals surface area contributed by atoms with Gasteiger partial charge in [-0.3, -0.25) is 9.59 Å². The van der Waals surface area contributed by atoms with E-state index in [1.54, 1.807) is 33.2 Å². The number of anilines is 1. The normalized spacial score (nSPS) is 22.8. The van der Waals surface area contributed by atoms with Crippen LogP contribution in [0, 0.1) is 5.92 Å². The second-order valence-corrected chi connectivity index (χ2v) is 10.4. The summed E-state index contributed by atoms with van der Waals surface area (Å²) in [5.41, 5.74) is 0.653. The van der Waals surface area contributed by atoms with E-state index in [0.717, 1.165) is 6.26 Å². The number of sulfonamides is 1. The Balaban J connectivity index is 1.97. The number of aromatic nitrogens is 1. The summed E-state index contributed by atoms with van der Waals surface area (Å²) in [6.07, 6.45) is 2.13. The summed E-state index contributed by atoms with van der Waals surface area (Å²) in [6, 6.07) is 5.57. The topological polar surface area (TPSA) is 131 Å². The highest BCUT2D eigenvalue weighted by Gasteiger charge is 2.32. The fraction of sp³-hybridized carbons (Fsp3) is 0.500. The molecule has 1 N–H and O–H groups in total. The molecule has 1 aliphatic rings. The molecular weight excluding hydrogens is 464 g/mol. The molecule has 1 aliphatic heterocycles. The van der Waals surface area contributed by atoms with Crippen molar-refractivity contribution in [3.63, 3.8) is 0 Å². The van der Waals surface area contributed by atoms with E-state index in [4.69, 9.17) is 14.0 Å². The molecule has 0 bridgehead atoms. The molecule has 2 heterocycles. The molecule has 2 amide bonds. The van der Waals surface area contributed by atoms with Crippen molar-refractivity contribution in [3.05, 3.63) is 41.8 Å². The molecule has 0 spiro atoms. The quantitative estimate of drug-likeness (QED) is 0.679. The summed E-state index contributed by atoms with van der Waals surface area (Å²) in [6.45, 7) is 4.10. The van der Waals surface area contributed by atoms with Gasteiger partial charge in [-0.1, -0.05) is 12.1 Å². The minimum absolute atomic E-state index is 0.000929. The fourth-order valence-electron chi connectivity index (χ4n) is 3.80. The maximum absolute atomic E-state index is 13.2. The van der Waals surface area contributed by atoms with Gasteiger partial charge in [-0.2, -0.15) is 4.31 Å². The van der Waals surface area contributed by atoms with Crippen molar-refractivity contribution < 1.29 is 32.0 Å². The number of hydrogen-bond acceptors (Lipinski definition) is 8. The summed E-state index contributed by atoms with van der Waals surface area (Å²) < 4.78 is 42.8. The smallest absolute Gasteiger partial charge is 0.294 e. The molecule has 34 heavy (non-hydrogen) atoms. The molecule has 186 valence electrons. The van der Waals surface area contributed by atoms with Gasteiger partial charge in [-0.05, 0) is 25.0 Å². The van der Waals surface area contributed by atoms with Crippen LogP contribution in [0.5, 0.6) is 5.75 Å². The number of amides is 2. The van der Waals surface area contributed by atoms with Gasteiger partial charge >= 0.3 is 0 Å². The van der Waals surface area contributed by atoms with Gasteiger partial charge in [-0.15, -0.1) is 0 Å². The third-order valence-corrected chi connectivity index (χ3v) is 7.10. The first-order valence-corrected chi connectivity index (χ1v) is 12.6. The van der Waals surface area contributed by atoms with Gasteiger partial charge in [0.1, 0.15) is 12.4 Å². The second-order valence-electron chi connectivity index (χ2n) is 8.47. The molecule has 0 saturated heterocycles. The van der Waals surface area contributed by atoms with Crippen LogP contribution < -0.4 is 10.1 Å². The van der Waals surface area contributed by atoms with Crippen molar-refractivity contribution in [2.75, 3.05) is 45.4 Å². The van der Waals surface area contributed by atoms with Crippen molar-refractivity contribution in [2.45, 2.75) is 26.0 Å². The minimum Gasteiger partial charge on any atom is -0.491 e. The molecule has 0 fully saturated rings. The summed E-state index contributed by atoms with van der Waals surface area (Å²) in [7, 11) is -0.347. The lowest BCUT2D eigenvalue weighted by molar-refractivity contribution is 0.0213. The van der Waals surface area contributed by atoms with E-state index in [0.29, 0.717) is 5.69 Å². The van der Waals surface area contributed by atoms with Crippen LogP contribution in [0.4, 0.5) is 5.69 Å². The van der Waals surface area contributed by atoms with Crippen LogP contribution in [-0.2, 0) is 14.8 Å². The number of carbonyl (C=O) groups excluding carboxylic acids is 2. The third kappa shape index (κ3) is 5.93. The summed E-state index contributed by atoms with van der Waals surface area (Å²) in [5.74, 6) is -0.727. The average molecular weight is 495 g/mol. The number of nitrogens with one attached hydrogen (secondary N) is 1. The zero-order valence-corrected chi connectivity index (χ0v) is 20.7. The molecular formula is C22H30N4O7S. The molecule has 1 aromatic heterocycles. The van der Waals surface area contributed by atoms with Crippen LogP contribution in [0.2, 0.25) is 0 Å². The van der Waals surface area contributed by atoms with Gasteiger partial charge in [0.05, 0.1) is 30.2 Å². The average Bonchev–Trinajstić information content (AvgIpc) is 3.32. The molecule has 3 rings (SSSR count). The predicted octanol–water partition coefficient (Wildman–Crippen LogP) is 1.69. The number of likely N-dealkylation sites (N-methyl/N-ethyl adjacent to an activating group) is 1. The molecule has 11 nitrogen and oxygen atoms in total. The highest BCUT2D eigenvalue weighted by molar-refractivity contribution is 7.88. The first-order chi connectivity index (χ1) is 16.0. The lowest BCUT2D eigenvalue weighted by Crippen LogP contribution is -2.48. The van der Waals surface area contributed by atoms with Crippen molar-refractivity contribution in [2.24, 2.45) is 5.92 Å². The van der Waals surface area contributed by atoms with Gasteiger partial charge in [-0.25, -0.2) is 8.42 Å². The second kappa shape index (κ2) is 10.5. The number of rotatable bonds is 4. The zero-order valence-electron chi connectivity index (χ0n) is 19.8. The van der Waals surface area contributed by atoms with Gasteiger partial charge in [0.25, 0.3) is 11.8 Å². The lowest BCUT2D eigenvalue weighted by Gasteiger charge is -2.34. The molecule has 0 unspecified atom stereocenters. The van der Waals surface area contributed by atoms with Crippen LogP contribution >= 0.6 is 0 Å². The number of fused-ring (bicyclic) bond motifs is 1. The SMILES string of the molecule is CO[C@H]1CN(C)C(=O)c2ccc(NC(=O)c3ccno3)cc2OC[C@H](C)N(S(C)(=O)=O)C[C@H]1C. The molecule has 2 aromatic rings. The van der Waals surface area contributed by atoms with E-state index in [2.05, 4.69) is 10.5 Å². The highest BCUT2D eigenvalue weighted by Crippen LogP contribution is 2.27. The summed E-state index contributed by atoms with van der Waals surface area (Å²) >= 11 is 0. The van der Waals surface area contributed by atoms with E-state index in [1.807, 2.05) is 6.92 Å². The van der Waals surface area contributed by atoms with E-state index in [1.165, 1.54) is 27.5 Å². The number of methoxy groups -OCH3 is 1. The van der Waals surface area contributed by atoms with Gasteiger partial charge in [0.15, 0.2) is 0 Å². The minimum atomic E-state index is -3.54. The highest BCUT2D eigenvalue weighted by atomic mass is 32.2. The molecule has 12 heteroatoms. The Kier molecular flexibility index (Phi) is 7.95. The van der Waals surface area contributed by atoms with Crippen LogP contribution in [0.25, 0.3) is 0 Å². The Labute approximate surface area is 199 Å². The Morgan fingerprint density at radius 2 is 1.97 bits per heavy atom. The Bertz CT molecular complexity index is 1120. The zero-order chi connectivity index (χ0) is 25.0. The predicted molar refractivity (Wildman–Crippen MR) is 124 cm³/mol. The Morgan fingerprint density at radius 3 is 2.59 bits per heavy atom. The van der Waals surface area contributed by atoms with E-state index in [-0.39, 0.29) is 54.7 Å². The number of hydrogen-bond donors (Lipinski definition) is 1. The summed E-state index contributed by atoms with van der Waals surface area (Å²) in [5, 5.41) is 6.18. The largest absolute Gasteiger partial charge is 0.491 e. The van der Waals surface area contributed by atoms with Gasteiger partial charge in [0.2, 0.25) is 15.8 Å². The first-order valence-electron chi connectivity index (χ1n) is 10.7. The monoisotopic (exact) mass is 494 g/mol. The molecule has 0 saturated carbocycles. The van der Waals surface area contributed by atoms with Crippen molar-refractivity contribution in [3.8, 4) is 5.75 Å². The van der Waals surface area contributed by atoms with Crippen LogP contribution in [0.15, 0.2) is 35.0 Å². The van der Waals surface area contributed by atoms with Gasteiger partial charge < -0.3 is 24.2 Å². The van der Waals surface area contributed by atoms with Crippen molar-refractivity contribution >= 4 is 27.5 Å². The molecule has 0 aliphatic carbocycles. The maximum Gasteiger partial charge on any atom is 0.294 e. The molecule has 1 aromatic carbocycles. The number of carbonyl (C=O) groups is 2. The van der Waals surface area contributed by atoms with E-state index < -0.39 is 22.0 Å². The van der Waals surface area contributed by atoms with E-state index >= 15 is 0 Å². The number of nitrogens with zero attached hydrogens (tertiary/aromatic N) is 3. The first kappa shape index (κ1) is 25.7. The lowest BCUT2D eigenvalue weighted by atomic mass is 10.0. The number of ether oxygens (including phenoxy) is 2. The summed E-state index contributed by atoms with van der Waals surface area (Å²) in [4.78, 5) is 27.1. The Hall–Kier alpha value is -2.96. The number of benzene rings is 1. The van der Waals surface area contributed by atoms with Crippen LogP contribution in [-0.4, -0.2) is 86.8 Å². The fourth-order valence-corrected chi connectivity index (χ4v) is 5.02. The van der Waals surface area contributed by atoms with Crippen LogP contribution in [0.3, 0.4) is 0 Å². The Morgan fingerprint density at radius 1 is 1.24 bits per heavy atom. The standard InChI is InChI=1S/C22H30N4O7S/c1-14-11-26(34(5,29)30)15(2)13-32-19-10-16(24-21(27)18-8-9-23-33-18)6-7-17(19)22(28)25(3)12-20(14)31-4/h6-10,14-15,20H,11-13H2,1-5H3,(H,24,27)/t14-,15+,20+/m1/s1. The maximum atomic E-state index is 13.2. The van der Waals surface area contributed by atoms with Crippen molar-refractivity contribution in [1.29, 1.82) is 0 Å². The van der Waals surface area contributed by atoms with E-state index in [9.17, 15) is 18.0 Å². The van der Waals surface area contributed by atoms with Gasteiger partial charge in [0, 0.05) is 45.1 Å². The van der Waals surface area contributed by atoms with Crippen LogP contribution in [0.1, 0.15) is 34.8 Å². The van der Waals surface area contributed by atoms with Crippen molar-refractivity contribution in [1.82, 2.24) is 14.4 Å². The molecule has 0 radical (unpaired) electrons. The molecule has 3 atom stereocenters.